The Bertz CT molecular complexity index is 1630. The van der Waals surface area contributed by atoms with Gasteiger partial charge in [0.1, 0.15) is 10.7 Å². The van der Waals surface area contributed by atoms with Gasteiger partial charge in [-0.3, -0.25) is 20.5 Å². The minimum atomic E-state index is -3.74. The predicted octanol–water partition coefficient (Wildman–Crippen LogP) is 2.97. The van der Waals surface area contributed by atoms with Crippen molar-refractivity contribution in [1.82, 2.24) is 24.6 Å². The van der Waals surface area contributed by atoms with Gasteiger partial charge in [-0.2, -0.15) is 4.31 Å². The quantitative estimate of drug-likeness (QED) is 0.296. The van der Waals surface area contributed by atoms with E-state index in [-0.39, 0.29) is 23.5 Å². The first-order chi connectivity index (χ1) is 20.0. The molecule has 2 fully saturated rings. The summed E-state index contributed by atoms with van der Waals surface area (Å²) < 4.78 is 38.4. The predicted molar refractivity (Wildman–Crippen MR) is 156 cm³/mol. The molecule has 2 saturated heterocycles. The van der Waals surface area contributed by atoms with Crippen molar-refractivity contribution in [2.45, 2.75) is 11.4 Å². The number of aromatic nitrogens is 2. The molecule has 4 heterocycles. The molecule has 1 amide bonds. The summed E-state index contributed by atoms with van der Waals surface area (Å²) in [5, 5.41) is 2.84. The van der Waals surface area contributed by atoms with Crippen molar-refractivity contribution in [3.8, 4) is 11.1 Å². The molecule has 2 aliphatic heterocycles. The molecule has 0 aliphatic carbocycles. The molecule has 214 valence electrons. The maximum Gasteiger partial charge on any atom is 0.269 e. The summed E-state index contributed by atoms with van der Waals surface area (Å²) in [7, 11) is -3.74. The highest BCUT2D eigenvalue weighted by atomic mass is 32.2. The number of morpholine rings is 2. The molecular weight excluding hydrogens is 564 g/mol. The third-order valence-electron chi connectivity index (χ3n) is 7.03. The third kappa shape index (κ3) is 6.10. The largest absolute Gasteiger partial charge is 0.379 e. The van der Waals surface area contributed by atoms with Gasteiger partial charge in [0, 0.05) is 42.7 Å². The van der Waals surface area contributed by atoms with E-state index in [9.17, 15) is 13.2 Å². The van der Waals surface area contributed by atoms with Crippen molar-refractivity contribution in [3.05, 3.63) is 71.4 Å². The Morgan fingerprint density at radius 3 is 2.41 bits per heavy atom. The van der Waals surface area contributed by atoms with Crippen molar-refractivity contribution in [1.29, 1.82) is 0 Å². The number of anilines is 1. The zero-order chi connectivity index (χ0) is 28.2. The zero-order valence-corrected chi connectivity index (χ0v) is 23.9. The summed E-state index contributed by atoms with van der Waals surface area (Å²) >= 11 is 1.52. The van der Waals surface area contributed by atoms with Crippen molar-refractivity contribution in [2.75, 3.05) is 58.0 Å². The smallest absolute Gasteiger partial charge is 0.269 e. The van der Waals surface area contributed by atoms with Crippen LogP contribution in [-0.4, -0.2) is 86.1 Å². The molecule has 0 atom stereocenters. The molecular formula is C28H30N6O5S2. The van der Waals surface area contributed by atoms with Gasteiger partial charge in [0.2, 0.25) is 10.0 Å². The van der Waals surface area contributed by atoms with E-state index in [1.165, 1.54) is 27.8 Å². The normalized spacial score (nSPS) is 17.0. The van der Waals surface area contributed by atoms with Gasteiger partial charge in [-0.1, -0.05) is 36.4 Å². The highest BCUT2D eigenvalue weighted by Gasteiger charge is 2.27. The van der Waals surface area contributed by atoms with Crippen LogP contribution < -0.4 is 10.9 Å². The van der Waals surface area contributed by atoms with E-state index in [4.69, 9.17) is 19.4 Å². The molecule has 0 saturated carbocycles. The van der Waals surface area contributed by atoms with Crippen molar-refractivity contribution in [2.24, 2.45) is 0 Å². The Balaban J connectivity index is 1.27. The average molecular weight is 595 g/mol. The monoisotopic (exact) mass is 594 g/mol. The number of hydrazine groups is 1. The van der Waals surface area contributed by atoms with Gasteiger partial charge in [-0.25, -0.2) is 18.4 Å². The molecule has 4 aromatic rings. The maximum atomic E-state index is 13.2. The van der Waals surface area contributed by atoms with E-state index >= 15 is 0 Å². The first kappa shape index (κ1) is 27.7. The Morgan fingerprint density at radius 1 is 0.927 bits per heavy atom. The molecule has 0 bridgehead atoms. The number of amides is 1. The lowest BCUT2D eigenvalue weighted by atomic mass is 10.1. The second-order valence-electron chi connectivity index (χ2n) is 9.70. The number of hydrogen-bond acceptors (Lipinski definition) is 10. The summed E-state index contributed by atoms with van der Waals surface area (Å²) in [4.78, 5) is 26.0. The van der Waals surface area contributed by atoms with E-state index in [0.717, 1.165) is 34.4 Å². The number of nitrogens with zero attached hydrogens (tertiary/aromatic N) is 4. The first-order valence-electron chi connectivity index (χ1n) is 13.4. The molecule has 6 rings (SSSR count). The molecule has 13 heteroatoms. The Morgan fingerprint density at radius 2 is 1.66 bits per heavy atom. The minimum absolute atomic E-state index is 0.0634. The number of thiophene rings is 1. The minimum Gasteiger partial charge on any atom is -0.379 e. The van der Waals surface area contributed by atoms with E-state index in [0.29, 0.717) is 44.6 Å². The van der Waals surface area contributed by atoms with E-state index in [1.807, 2.05) is 35.7 Å². The third-order valence-corrected chi connectivity index (χ3v) is 9.80. The molecule has 2 N–H and O–H groups in total. The lowest BCUT2D eigenvalue weighted by Crippen LogP contribution is -2.40. The number of carbonyl (C=O) groups is 1. The van der Waals surface area contributed by atoms with Crippen LogP contribution in [0, 0.1) is 0 Å². The van der Waals surface area contributed by atoms with Gasteiger partial charge in [-0.15, -0.1) is 11.3 Å². The van der Waals surface area contributed by atoms with Crippen LogP contribution in [-0.2, 0) is 26.0 Å². The molecule has 2 aromatic carbocycles. The van der Waals surface area contributed by atoms with Crippen LogP contribution in [0.5, 0.6) is 0 Å². The topological polar surface area (TPSA) is 126 Å². The molecule has 0 radical (unpaired) electrons. The second-order valence-corrected chi connectivity index (χ2v) is 12.5. The fraction of sp³-hybridized carbons (Fsp3) is 0.321. The number of carbonyl (C=O) groups excluding carboxylic acids is 1. The lowest BCUT2D eigenvalue weighted by Gasteiger charge is -2.26. The summed E-state index contributed by atoms with van der Waals surface area (Å²) in [6.07, 6.45) is 0. The van der Waals surface area contributed by atoms with E-state index in [1.54, 1.807) is 12.1 Å². The molecule has 0 unspecified atom stereocenters. The van der Waals surface area contributed by atoms with Crippen LogP contribution in [0.3, 0.4) is 0 Å². The number of fused-ring (bicyclic) bond motifs is 1. The Kier molecular flexibility index (Phi) is 8.23. The van der Waals surface area contributed by atoms with Gasteiger partial charge in [0.05, 0.1) is 43.3 Å². The second kappa shape index (κ2) is 12.2. The first-order valence-corrected chi connectivity index (χ1v) is 15.7. The van der Waals surface area contributed by atoms with Crippen molar-refractivity contribution < 1.29 is 22.7 Å². The fourth-order valence-corrected chi connectivity index (χ4v) is 7.28. The molecule has 2 aliphatic rings. The molecule has 11 nitrogen and oxygen atoms in total. The van der Waals surface area contributed by atoms with Crippen LogP contribution in [0.4, 0.5) is 5.82 Å². The Hall–Kier alpha value is -3.46. The summed E-state index contributed by atoms with van der Waals surface area (Å²) in [5.74, 6) is 0.627. The zero-order valence-electron chi connectivity index (χ0n) is 22.3. The molecule has 0 spiro atoms. The molecule has 41 heavy (non-hydrogen) atoms. The van der Waals surface area contributed by atoms with Crippen LogP contribution in [0.1, 0.15) is 16.2 Å². The highest BCUT2D eigenvalue weighted by molar-refractivity contribution is 7.89. The number of sulfonamides is 1. The van der Waals surface area contributed by atoms with Crippen molar-refractivity contribution in [3.63, 3.8) is 0 Å². The number of nitrogens with one attached hydrogen (secondary N) is 2. The maximum absolute atomic E-state index is 13.2. The fourth-order valence-electron chi connectivity index (χ4n) is 4.86. The van der Waals surface area contributed by atoms with Crippen molar-refractivity contribution >= 4 is 43.3 Å². The number of benzene rings is 2. The molecule has 2 aromatic heterocycles. The van der Waals surface area contributed by atoms with E-state index < -0.39 is 15.9 Å². The standard InChI is InChI=1S/C28H30N6O5S2/c35-27(21-7-4-8-22(17-21)41(36,37)34-11-15-39-16-12-34)32-31-26-25-23(20-5-2-1-3-6-20)19-40-28(25)30-24(29-26)18-33-9-13-38-14-10-33/h1-8,17,19H,9-16,18H2,(H,32,35)(H,29,30,31). The van der Waals surface area contributed by atoms with Gasteiger partial charge >= 0.3 is 0 Å². The summed E-state index contributed by atoms with van der Waals surface area (Å²) in [6, 6.07) is 16.0. The van der Waals surface area contributed by atoms with Crippen LogP contribution in [0.15, 0.2) is 64.9 Å². The number of rotatable bonds is 8. The average Bonchev–Trinajstić information content (AvgIpc) is 3.45. The van der Waals surface area contributed by atoms with Gasteiger partial charge in [0.15, 0.2) is 5.82 Å². The number of hydrogen-bond donors (Lipinski definition) is 2. The van der Waals surface area contributed by atoms with Crippen LogP contribution in [0.25, 0.3) is 21.3 Å². The van der Waals surface area contributed by atoms with Gasteiger partial charge in [-0.05, 0) is 23.8 Å². The lowest BCUT2D eigenvalue weighted by molar-refractivity contribution is 0.0331. The van der Waals surface area contributed by atoms with Gasteiger partial charge in [0.25, 0.3) is 5.91 Å². The van der Waals surface area contributed by atoms with E-state index in [2.05, 4.69) is 15.8 Å². The SMILES string of the molecule is O=C(NNc1nc(CN2CCOCC2)nc2scc(-c3ccccc3)c12)c1cccc(S(=O)(=O)N2CCOCC2)c1. The van der Waals surface area contributed by atoms with Gasteiger partial charge < -0.3 is 9.47 Å². The van der Waals surface area contributed by atoms with Crippen LogP contribution >= 0.6 is 11.3 Å². The summed E-state index contributed by atoms with van der Waals surface area (Å²) in [5.41, 5.74) is 7.92. The highest BCUT2D eigenvalue weighted by Crippen LogP contribution is 2.37. The summed E-state index contributed by atoms with van der Waals surface area (Å²) in [6.45, 7) is 4.73. The van der Waals surface area contributed by atoms with Crippen LogP contribution in [0.2, 0.25) is 0 Å². The number of ether oxygens (including phenoxy) is 2. The Labute approximate surface area is 242 Å².